The third kappa shape index (κ3) is 8.61. The maximum atomic E-state index is 5.89. The molecule has 142 valence electrons. The highest BCUT2D eigenvalue weighted by Gasteiger charge is 2.10. The molecule has 0 saturated carbocycles. The number of hydrogen-bond acceptors (Lipinski definition) is 3. The Morgan fingerprint density at radius 2 is 1.31 bits per heavy atom. The molecule has 0 heterocycles. The van der Waals surface area contributed by atoms with Gasteiger partial charge >= 0.3 is 0 Å². The van der Waals surface area contributed by atoms with Crippen molar-refractivity contribution in [1.29, 1.82) is 0 Å². The number of nitrogens with two attached hydrogens (primary N) is 2. The summed E-state index contributed by atoms with van der Waals surface area (Å²) in [5.41, 5.74) is 14.3. The van der Waals surface area contributed by atoms with Crippen LogP contribution in [0.3, 0.4) is 0 Å². The van der Waals surface area contributed by atoms with Crippen LogP contribution in [0.2, 0.25) is 0 Å². The van der Waals surface area contributed by atoms with Crippen LogP contribution in [0.5, 0.6) is 0 Å². The molecule has 0 fully saturated rings. The molecule has 3 heteroatoms. The van der Waals surface area contributed by atoms with Crippen molar-refractivity contribution >= 4 is 0 Å². The monoisotopic (exact) mass is 353 g/mol. The van der Waals surface area contributed by atoms with Crippen LogP contribution in [-0.4, -0.2) is 25.7 Å². The fourth-order valence-electron chi connectivity index (χ4n) is 3.29. The molecule has 1 unspecified atom stereocenters. The second-order valence-electron chi connectivity index (χ2n) is 7.26. The molecule has 0 spiro atoms. The normalized spacial score (nSPS) is 12.4. The van der Waals surface area contributed by atoms with Crippen molar-refractivity contribution in [2.75, 3.05) is 19.6 Å². The van der Waals surface area contributed by atoms with Gasteiger partial charge in [0, 0.05) is 12.6 Å². The molecule has 0 bridgehead atoms. The van der Waals surface area contributed by atoms with E-state index in [-0.39, 0.29) is 6.04 Å². The van der Waals surface area contributed by atoms with Gasteiger partial charge in [-0.3, -0.25) is 0 Å². The molecular formula is C23H35N3. The van der Waals surface area contributed by atoms with Crippen LogP contribution in [0.1, 0.15) is 36.8 Å². The first kappa shape index (κ1) is 20.6. The van der Waals surface area contributed by atoms with Gasteiger partial charge in [-0.05, 0) is 68.7 Å². The Bertz CT molecular complexity index is 527. The largest absolute Gasteiger partial charge is 0.329 e. The molecule has 2 aromatic carbocycles. The van der Waals surface area contributed by atoms with Crippen molar-refractivity contribution in [2.45, 2.75) is 44.6 Å². The molecule has 2 aromatic rings. The molecule has 0 saturated heterocycles. The molecule has 0 radical (unpaired) electrons. The SMILES string of the molecule is NCC(N)CCCNCC(CCc1ccccc1)CCc1ccccc1. The highest BCUT2D eigenvalue weighted by atomic mass is 14.9. The van der Waals surface area contributed by atoms with Gasteiger partial charge in [0.15, 0.2) is 0 Å². The van der Waals surface area contributed by atoms with Crippen LogP contribution in [-0.2, 0) is 12.8 Å². The van der Waals surface area contributed by atoms with Crippen LogP contribution in [0.15, 0.2) is 60.7 Å². The third-order valence-corrected chi connectivity index (χ3v) is 5.03. The molecule has 0 aliphatic carbocycles. The van der Waals surface area contributed by atoms with Crippen molar-refractivity contribution in [2.24, 2.45) is 17.4 Å². The van der Waals surface area contributed by atoms with E-state index in [4.69, 9.17) is 11.5 Å². The van der Waals surface area contributed by atoms with E-state index in [2.05, 4.69) is 66.0 Å². The molecule has 26 heavy (non-hydrogen) atoms. The van der Waals surface area contributed by atoms with Gasteiger partial charge in [0.25, 0.3) is 0 Å². The Hall–Kier alpha value is -1.68. The smallest absolute Gasteiger partial charge is 0.0163 e. The zero-order valence-corrected chi connectivity index (χ0v) is 15.9. The number of hydrogen-bond donors (Lipinski definition) is 3. The first-order valence-corrected chi connectivity index (χ1v) is 10.0. The average Bonchev–Trinajstić information content (AvgIpc) is 2.70. The van der Waals surface area contributed by atoms with E-state index < -0.39 is 0 Å². The van der Waals surface area contributed by atoms with Crippen molar-refractivity contribution in [1.82, 2.24) is 5.32 Å². The minimum Gasteiger partial charge on any atom is -0.329 e. The van der Waals surface area contributed by atoms with Gasteiger partial charge in [0.05, 0.1) is 0 Å². The predicted octanol–water partition coefficient (Wildman–Crippen LogP) is 3.52. The van der Waals surface area contributed by atoms with Crippen molar-refractivity contribution in [3.63, 3.8) is 0 Å². The van der Waals surface area contributed by atoms with E-state index in [0.717, 1.165) is 38.8 Å². The number of benzene rings is 2. The number of rotatable bonds is 13. The minimum absolute atomic E-state index is 0.142. The van der Waals surface area contributed by atoms with Gasteiger partial charge < -0.3 is 16.8 Å². The second kappa shape index (κ2) is 12.6. The Morgan fingerprint density at radius 3 is 1.81 bits per heavy atom. The highest BCUT2D eigenvalue weighted by Crippen LogP contribution is 2.16. The minimum atomic E-state index is 0.142. The fourth-order valence-corrected chi connectivity index (χ4v) is 3.29. The molecule has 0 aliphatic rings. The first-order valence-electron chi connectivity index (χ1n) is 10.0. The molecule has 0 aliphatic heterocycles. The molecule has 0 amide bonds. The first-order chi connectivity index (χ1) is 12.8. The summed E-state index contributed by atoms with van der Waals surface area (Å²) < 4.78 is 0. The maximum absolute atomic E-state index is 5.89. The molecular weight excluding hydrogens is 318 g/mol. The van der Waals surface area contributed by atoms with Crippen LogP contribution in [0, 0.1) is 5.92 Å². The zero-order valence-electron chi connectivity index (χ0n) is 15.9. The average molecular weight is 354 g/mol. The van der Waals surface area contributed by atoms with Crippen LogP contribution in [0.25, 0.3) is 0 Å². The lowest BCUT2D eigenvalue weighted by Crippen LogP contribution is -2.31. The number of nitrogens with one attached hydrogen (secondary N) is 1. The quantitative estimate of drug-likeness (QED) is 0.483. The lowest BCUT2D eigenvalue weighted by atomic mass is 9.93. The number of aryl methyl sites for hydroxylation is 2. The molecule has 1 atom stereocenters. The van der Waals surface area contributed by atoms with Crippen LogP contribution in [0.4, 0.5) is 0 Å². The lowest BCUT2D eigenvalue weighted by Gasteiger charge is -2.18. The second-order valence-corrected chi connectivity index (χ2v) is 7.26. The third-order valence-electron chi connectivity index (χ3n) is 5.03. The molecule has 5 N–H and O–H groups in total. The van der Waals surface area contributed by atoms with Crippen molar-refractivity contribution < 1.29 is 0 Å². The summed E-state index contributed by atoms with van der Waals surface area (Å²) in [5, 5.41) is 3.64. The van der Waals surface area contributed by atoms with Gasteiger partial charge in [-0.15, -0.1) is 0 Å². The summed E-state index contributed by atoms with van der Waals surface area (Å²) in [6, 6.07) is 21.8. The molecule has 0 aromatic heterocycles. The van der Waals surface area contributed by atoms with E-state index in [1.54, 1.807) is 0 Å². The van der Waals surface area contributed by atoms with Gasteiger partial charge in [-0.25, -0.2) is 0 Å². The van der Waals surface area contributed by atoms with Crippen molar-refractivity contribution in [3.8, 4) is 0 Å². The van der Waals surface area contributed by atoms with Gasteiger partial charge in [0.1, 0.15) is 0 Å². The molecule has 2 rings (SSSR count). The summed E-state index contributed by atoms with van der Waals surface area (Å²) in [5.74, 6) is 0.693. The Morgan fingerprint density at radius 1 is 0.769 bits per heavy atom. The maximum Gasteiger partial charge on any atom is 0.0163 e. The van der Waals surface area contributed by atoms with Crippen molar-refractivity contribution in [3.05, 3.63) is 71.8 Å². The summed E-state index contributed by atoms with van der Waals surface area (Å²) in [6.45, 7) is 2.69. The van der Waals surface area contributed by atoms with Gasteiger partial charge in [-0.2, -0.15) is 0 Å². The highest BCUT2D eigenvalue weighted by molar-refractivity contribution is 5.16. The zero-order chi connectivity index (χ0) is 18.5. The van der Waals surface area contributed by atoms with E-state index in [9.17, 15) is 0 Å². The molecule has 3 nitrogen and oxygen atoms in total. The Labute approximate surface area is 159 Å². The van der Waals surface area contributed by atoms with E-state index in [1.165, 1.54) is 24.0 Å². The summed E-state index contributed by atoms with van der Waals surface area (Å²) in [7, 11) is 0. The summed E-state index contributed by atoms with van der Waals surface area (Å²) >= 11 is 0. The van der Waals surface area contributed by atoms with E-state index in [0.29, 0.717) is 12.5 Å². The standard InChI is InChI=1S/C23H35N3/c24-18-23(25)12-7-17-26-19-22(15-13-20-8-3-1-4-9-20)16-14-21-10-5-2-6-11-21/h1-6,8-11,22-23,26H,7,12-19,24-25H2. The summed E-state index contributed by atoms with van der Waals surface area (Å²) in [6.07, 6.45) is 6.86. The topological polar surface area (TPSA) is 64.1 Å². The van der Waals surface area contributed by atoms with Crippen LogP contribution >= 0.6 is 0 Å². The van der Waals surface area contributed by atoms with Crippen LogP contribution < -0.4 is 16.8 Å². The van der Waals surface area contributed by atoms with E-state index >= 15 is 0 Å². The summed E-state index contributed by atoms with van der Waals surface area (Å²) in [4.78, 5) is 0. The van der Waals surface area contributed by atoms with Gasteiger partial charge in [0.2, 0.25) is 0 Å². The fraction of sp³-hybridized carbons (Fsp3) is 0.478. The van der Waals surface area contributed by atoms with E-state index in [1.807, 2.05) is 0 Å². The Kier molecular flexibility index (Phi) is 10.0. The lowest BCUT2D eigenvalue weighted by molar-refractivity contribution is 0.413. The Balaban J connectivity index is 1.76. The predicted molar refractivity (Wildman–Crippen MR) is 112 cm³/mol. The van der Waals surface area contributed by atoms with Gasteiger partial charge in [-0.1, -0.05) is 60.7 Å².